The predicted molar refractivity (Wildman–Crippen MR) is 94.4 cm³/mol. The lowest BCUT2D eigenvalue weighted by Crippen LogP contribution is -2.50. The van der Waals surface area contributed by atoms with Crippen LogP contribution in [-0.4, -0.2) is 61.4 Å². The van der Waals surface area contributed by atoms with E-state index in [1.54, 1.807) is 6.92 Å². The first-order chi connectivity index (χ1) is 11.3. The fraction of sp³-hybridized carbons (Fsp3) is 0.895. The zero-order chi connectivity index (χ0) is 17.5. The summed E-state index contributed by atoms with van der Waals surface area (Å²) in [6.45, 7) is 10.4. The van der Waals surface area contributed by atoms with E-state index in [2.05, 4.69) is 31.1 Å². The molecule has 2 amide bonds. The number of hydrogen-bond acceptors (Lipinski definition) is 3. The molecule has 0 bridgehead atoms. The Kier molecular flexibility index (Phi) is 4.67. The van der Waals surface area contributed by atoms with Crippen molar-refractivity contribution in [1.29, 1.82) is 0 Å². The lowest BCUT2D eigenvalue weighted by Gasteiger charge is -2.44. The lowest BCUT2D eigenvalue weighted by molar-refractivity contribution is -0.135. The SMILES string of the molecule is CC(=O)N1CCC2(CC1)CC[C@@]1(C(=O)NCC(C)C)CN(C)C[C@@H]21. The average Bonchev–Trinajstić information content (AvgIpc) is 3.01. The highest BCUT2D eigenvalue weighted by Gasteiger charge is 2.63. The van der Waals surface area contributed by atoms with Crippen molar-refractivity contribution in [3.63, 3.8) is 0 Å². The van der Waals surface area contributed by atoms with Crippen molar-refractivity contribution in [3.05, 3.63) is 0 Å². The third kappa shape index (κ3) is 2.85. The molecule has 5 heteroatoms. The third-order valence-corrected chi connectivity index (χ3v) is 6.85. The van der Waals surface area contributed by atoms with Gasteiger partial charge < -0.3 is 15.1 Å². The highest BCUT2D eigenvalue weighted by molar-refractivity contribution is 5.84. The van der Waals surface area contributed by atoms with Crippen molar-refractivity contribution in [1.82, 2.24) is 15.1 Å². The molecule has 2 saturated heterocycles. The summed E-state index contributed by atoms with van der Waals surface area (Å²) in [6, 6.07) is 0. The first-order valence-corrected chi connectivity index (χ1v) is 9.51. The van der Waals surface area contributed by atoms with Crippen LogP contribution in [0.2, 0.25) is 0 Å². The molecule has 3 fully saturated rings. The van der Waals surface area contributed by atoms with Gasteiger partial charge in [0.15, 0.2) is 0 Å². The summed E-state index contributed by atoms with van der Waals surface area (Å²) in [5, 5.41) is 3.23. The van der Waals surface area contributed by atoms with Crippen molar-refractivity contribution < 1.29 is 9.59 Å². The minimum Gasteiger partial charge on any atom is -0.355 e. The fourth-order valence-electron chi connectivity index (χ4n) is 5.50. The van der Waals surface area contributed by atoms with Crippen molar-refractivity contribution in [3.8, 4) is 0 Å². The van der Waals surface area contributed by atoms with E-state index in [1.807, 2.05) is 4.90 Å². The molecule has 5 nitrogen and oxygen atoms in total. The van der Waals surface area contributed by atoms with Crippen molar-refractivity contribution in [2.45, 2.75) is 46.5 Å². The van der Waals surface area contributed by atoms with E-state index in [1.165, 1.54) is 0 Å². The first kappa shape index (κ1) is 17.7. The molecule has 1 saturated carbocycles. The molecule has 0 aromatic carbocycles. The highest BCUT2D eigenvalue weighted by atomic mass is 16.2. The molecule has 2 heterocycles. The lowest BCUT2D eigenvalue weighted by atomic mass is 9.65. The summed E-state index contributed by atoms with van der Waals surface area (Å²) in [7, 11) is 2.15. The van der Waals surface area contributed by atoms with Gasteiger partial charge in [0.1, 0.15) is 0 Å². The Labute approximate surface area is 146 Å². The van der Waals surface area contributed by atoms with Crippen LogP contribution in [0.4, 0.5) is 0 Å². The molecule has 1 spiro atoms. The van der Waals surface area contributed by atoms with Gasteiger partial charge in [-0.15, -0.1) is 0 Å². The van der Waals surface area contributed by atoms with Crippen LogP contribution in [-0.2, 0) is 9.59 Å². The normalized spacial score (nSPS) is 32.4. The zero-order valence-corrected chi connectivity index (χ0v) is 15.7. The van der Waals surface area contributed by atoms with Crippen LogP contribution in [0.3, 0.4) is 0 Å². The van der Waals surface area contributed by atoms with Crippen LogP contribution in [0.15, 0.2) is 0 Å². The number of carbonyl (C=O) groups excluding carboxylic acids is 2. The van der Waals surface area contributed by atoms with Gasteiger partial charge in [0, 0.05) is 39.6 Å². The number of piperidine rings is 1. The Bertz CT molecular complexity index is 511. The summed E-state index contributed by atoms with van der Waals surface area (Å²) in [5.74, 6) is 1.39. The van der Waals surface area contributed by atoms with Gasteiger partial charge in [-0.25, -0.2) is 0 Å². The molecular formula is C19H33N3O2. The van der Waals surface area contributed by atoms with Crippen LogP contribution < -0.4 is 5.32 Å². The maximum Gasteiger partial charge on any atom is 0.227 e. The average molecular weight is 335 g/mol. The van der Waals surface area contributed by atoms with E-state index in [-0.39, 0.29) is 22.6 Å². The van der Waals surface area contributed by atoms with Gasteiger partial charge in [0.05, 0.1) is 5.41 Å². The Hall–Kier alpha value is -1.10. The van der Waals surface area contributed by atoms with Gasteiger partial charge in [-0.1, -0.05) is 13.8 Å². The molecule has 0 aromatic heterocycles. The largest absolute Gasteiger partial charge is 0.355 e. The highest BCUT2D eigenvalue weighted by Crippen LogP contribution is 2.61. The second-order valence-electron chi connectivity index (χ2n) is 8.88. The van der Waals surface area contributed by atoms with E-state index < -0.39 is 0 Å². The van der Waals surface area contributed by atoms with Gasteiger partial charge in [-0.05, 0) is 50.0 Å². The summed E-state index contributed by atoms with van der Waals surface area (Å²) < 4.78 is 0. The van der Waals surface area contributed by atoms with Crippen molar-refractivity contribution >= 4 is 11.8 Å². The number of nitrogens with one attached hydrogen (secondary N) is 1. The van der Waals surface area contributed by atoms with Crippen molar-refractivity contribution in [2.75, 3.05) is 39.8 Å². The molecule has 0 aromatic rings. The standard InChI is InChI=1S/C19H33N3O2/c1-14(2)11-20-17(24)19-6-5-18(16(19)12-21(4)13-19)7-9-22(10-8-18)15(3)23/h14,16H,5-13H2,1-4H3,(H,20,24)/t16-,19+/m0/s1. The maximum absolute atomic E-state index is 13.1. The topological polar surface area (TPSA) is 52.7 Å². The summed E-state index contributed by atoms with van der Waals surface area (Å²) in [4.78, 5) is 29.1. The van der Waals surface area contributed by atoms with E-state index in [0.717, 1.165) is 58.4 Å². The molecule has 136 valence electrons. The molecule has 2 atom stereocenters. The van der Waals surface area contributed by atoms with E-state index in [4.69, 9.17) is 0 Å². The minimum atomic E-state index is -0.206. The van der Waals surface area contributed by atoms with Gasteiger partial charge in [0.2, 0.25) is 11.8 Å². The molecule has 3 aliphatic rings. The number of hydrogen-bond donors (Lipinski definition) is 1. The Balaban J connectivity index is 1.77. The Morgan fingerprint density at radius 2 is 1.83 bits per heavy atom. The van der Waals surface area contributed by atoms with Gasteiger partial charge in [-0.3, -0.25) is 9.59 Å². The van der Waals surface area contributed by atoms with Crippen LogP contribution in [0.25, 0.3) is 0 Å². The van der Waals surface area contributed by atoms with Crippen LogP contribution >= 0.6 is 0 Å². The molecule has 1 N–H and O–H groups in total. The quantitative estimate of drug-likeness (QED) is 0.854. The van der Waals surface area contributed by atoms with E-state index in [0.29, 0.717) is 11.8 Å². The number of carbonyl (C=O) groups is 2. The number of fused-ring (bicyclic) bond motifs is 2. The first-order valence-electron chi connectivity index (χ1n) is 9.51. The molecule has 3 rings (SSSR count). The second kappa shape index (κ2) is 6.32. The monoisotopic (exact) mass is 335 g/mol. The van der Waals surface area contributed by atoms with E-state index >= 15 is 0 Å². The van der Waals surface area contributed by atoms with E-state index in [9.17, 15) is 9.59 Å². The van der Waals surface area contributed by atoms with Gasteiger partial charge >= 0.3 is 0 Å². The number of rotatable bonds is 3. The predicted octanol–water partition coefficient (Wildman–Crippen LogP) is 1.73. The fourth-order valence-corrected chi connectivity index (χ4v) is 5.50. The zero-order valence-electron chi connectivity index (χ0n) is 15.7. The molecule has 2 aliphatic heterocycles. The van der Waals surface area contributed by atoms with Crippen LogP contribution in [0, 0.1) is 22.7 Å². The Morgan fingerprint density at radius 3 is 2.42 bits per heavy atom. The molecular weight excluding hydrogens is 302 g/mol. The minimum absolute atomic E-state index is 0.187. The summed E-state index contributed by atoms with van der Waals surface area (Å²) in [6.07, 6.45) is 4.27. The Morgan fingerprint density at radius 1 is 1.17 bits per heavy atom. The van der Waals surface area contributed by atoms with Crippen LogP contribution in [0.1, 0.15) is 46.5 Å². The number of likely N-dealkylation sites (tertiary alicyclic amines) is 2. The number of nitrogens with zero attached hydrogens (tertiary/aromatic N) is 2. The van der Waals surface area contributed by atoms with Gasteiger partial charge in [0.25, 0.3) is 0 Å². The molecule has 24 heavy (non-hydrogen) atoms. The number of amides is 2. The second-order valence-corrected chi connectivity index (χ2v) is 8.88. The molecule has 0 unspecified atom stereocenters. The molecule has 1 aliphatic carbocycles. The summed E-state index contributed by atoms with van der Waals surface area (Å²) in [5.41, 5.74) is 0.0495. The van der Waals surface area contributed by atoms with Crippen LogP contribution in [0.5, 0.6) is 0 Å². The summed E-state index contributed by atoms with van der Waals surface area (Å²) >= 11 is 0. The maximum atomic E-state index is 13.1. The smallest absolute Gasteiger partial charge is 0.227 e. The third-order valence-electron chi connectivity index (χ3n) is 6.85. The van der Waals surface area contributed by atoms with Crippen molar-refractivity contribution in [2.24, 2.45) is 22.7 Å². The molecule has 0 radical (unpaired) electrons. The van der Waals surface area contributed by atoms with Gasteiger partial charge in [-0.2, -0.15) is 0 Å².